The van der Waals surface area contributed by atoms with Crippen molar-refractivity contribution < 1.29 is 40.6 Å². The number of rotatable bonds is 2. The first-order valence-electron chi connectivity index (χ1n) is 10.6. The monoisotopic (exact) mass is 480 g/mol. The zero-order valence-corrected chi connectivity index (χ0v) is 17.3. The van der Waals surface area contributed by atoms with Gasteiger partial charge < -0.3 is 20.0 Å². The predicted octanol–water partition coefficient (Wildman–Crippen LogP) is 4.99. The van der Waals surface area contributed by atoms with Gasteiger partial charge in [-0.25, -0.2) is 4.98 Å². The zero-order valence-electron chi connectivity index (χ0n) is 17.3. The van der Waals surface area contributed by atoms with Gasteiger partial charge in [-0.1, -0.05) is 19.3 Å². The maximum Gasteiger partial charge on any atom is 0.426 e. The van der Waals surface area contributed by atoms with Crippen LogP contribution in [0.2, 0.25) is 0 Å². The van der Waals surface area contributed by atoms with Crippen LogP contribution in [-0.4, -0.2) is 32.6 Å². The number of halogens is 6. The fraction of sp³-hybridized carbons (Fsp3) is 0.650. The second-order valence-electron chi connectivity index (χ2n) is 8.57. The van der Waals surface area contributed by atoms with Crippen LogP contribution in [0.25, 0.3) is 11.6 Å². The molecule has 0 saturated heterocycles. The highest BCUT2D eigenvalue weighted by atomic mass is 19.4. The van der Waals surface area contributed by atoms with Gasteiger partial charge in [-0.2, -0.15) is 26.3 Å². The van der Waals surface area contributed by atoms with Gasteiger partial charge in [0.1, 0.15) is 11.7 Å². The van der Waals surface area contributed by atoms with E-state index in [-0.39, 0.29) is 12.8 Å². The molecule has 13 heteroatoms. The molecule has 1 aliphatic carbocycles. The summed E-state index contributed by atoms with van der Waals surface area (Å²) in [5.41, 5.74) is 0.113. The molecule has 0 radical (unpaired) electrons. The number of fused-ring (bicyclic) bond motifs is 5. The van der Waals surface area contributed by atoms with Crippen molar-refractivity contribution in [1.29, 1.82) is 0 Å². The Morgan fingerprint density at radius 1 is 1.06 bits per heavy atom. The van der Waals surface area contributed by atoms with Crippen molar-refractivity contribution in [2.24, 2.45) is 5.92 Å². The minimum Gasteiger partial charge on any atom is -0.474 e. The third-order valence-corrected chi connectivity index (χ3v) is 5.91. The molecule has 3 N–H and O–H groups in total. The van der Waals surface area contributed by atoms with Gasteiger partial charge >= 0.3 is 12.4 Å². The highest BCUT2D eigenvalue weighted by Gasteiger charge is 2.58. The first-order chi connectivity index (χ1) is 15.4. The van der Waals surface area contributed by atoms with Crippen LogP contribution in [0.4, 0.5) is 32.0 Å². The summed E-state index contributed by atoms with van der Waals surface area (Å²) in [4.78, 5) is 3.83. The normalized spacial score (nSPS) is 24.8. The van der Waals surface area contributed by atoms with Gasteiger partial charge in [-0.3, -0.25) is 0 Å². The van der Waals surface area contributed by atoms with Crippen LogP contribution in [0.3, 0.4) is 0 Å². The largest absolute Gasteiger partial charge is 0.474 e. The number of aliphatic hydroxyl groups is 1. The quantitative estimate of drug-likeness (QED) is 0.583. The van der Waals surface area contributed by atoms with Crippen molar-refractivity contribution in [3.8, 4) is 17.5 Å². The lowest BCUT2D eigenvalue weighted by atomic mass is 9.94. The fourth-order valence-electron chi connectivity index (χ4n) is 3.87. The van der Waals surface area contributed by atoms with E-state index in [1.54, 1.807) is 0 Å². The number of ether oxygens (including phenoxy) is 1. The van der Waals surface area contributed by atoms with Crippen LogP contribution >= 0.6 is 0 Å². The summed E-state index contributed by atoms with van der Waals surface area (Å²) in [6.07, 6.45) is -7.89. The van der Waals surface area contributed by atoms with Gasteiger partial charge in [0.15, 0.2) is 5.69 Å². The topological polar surface area (TPSA) is 107 Å². The molecule has 7 nitrogen and oxygen atoms in total. The number of aromatic nitrogens is 3. The summed E-state index contributed by atoms with van der Waals surface area (Å²) in [5.74, 6) is -2.21. The van der Waals surface area contributed by atoms with E-state index < -0.39 is 65.1 Å². The Morgan fingerprint density at radius 3 is 2.42 bits per heavy atom. The number of hydrogen-bond donors (Lipinski definition) is 2. The molecule has 1 unspecified atom stereocenters. The zero-order chi connectivity index (χ0) is 24.0. The van der Waals surface area contributed by atoms with E-state index in [9.17, 15) is 31.4 Å². The Kier molecular flexibility index (Phi) is 5.95. The molecular formula is C20H22F6N4O3. The van der Waals surface area contributed by atoms with E-state index in [0.717, 1.165) is 12.8 Å². The standard InChI is InChI=1S/C20H22F6N4O3/c21-19(22,23)12-9-13(27)14-16-29-30-17(33-16)18(31,20(24,25)26)7-3-1-2-4-11(8-10-5-6-10)32-15(12)28-14/h9-11,31H,1-8,27H2/t11?,18-/m1/s1. The molecule has 2 atom stereocenters. The number of nitrogens with zero attached hydrogens (tertiary/aromatic N) is 3. The number of pyridine rings is 1. The molecule has 4 rings (SSSR count). The maximum atomic E-state index is 13.7. The number of hydrogen-bond acceptors (Lipinski definition) is 7. The summed E-state index contributed by atoms with van der Waals surface area (Å²) in [5, 5.41) is 17.2. The first kappa shape index (κ1) is 23.6. The Balaban J connectivity index is 1.82. The molecule has 2 aliphatic rings. The van der Waals surface area contributed by atoms with Crippen molar-refractivity contribution >= 4 is 5.69 Å². The second kappa shape index (κ2) is 8.33. The molecule has 1 aliphatic heterocycles. The van der Waals surface area contributed by atoms with Crippen molar-refractivity contribution in [1.82, 2.24) is 15.2 Å². The summed E-state index contributed by atoms with van der Waals surface area (Å²) in [7, 11) is 0. The van der Waals surface area contributed by atoms with Crippen LogP contribution in [0, 0.1) is 5.92 Å². The van der Waals surface area contributed by atoms with Crippen LogP contribution < -0.4 is 10.5 Å². The Morgan fingerprint density at radius 2 is 1.79 bits per heavy atom. The first-order valence-corrected chi connectivity index (χ1v) is 10.6. The molecule has 3 heterocycles. The van der Waals surface area contributed by atoms with Gasteiger partial charge in [0.25, 0.3) is 11.8 Å². The minimum atomic E-state index is -5.12. The lowest BCUT2D eigenvalue weighted by Gasteiger charge is -2.27. The molecule has 0 spiro atoms. The average Bonchev–Trinajstić information content (AvgIpc) is 3.38. The Hall–Kier alpha value is -2.57. The summed E-state index contributed by atoms with van der Waals surface area (Å²) >= 11 is 0. The molecule has 1 saturated carbocycles. The van der Waals surface area contributed by atoms with E-state index in [1.807, 2.05) is 0 Å². The Labute approximate surface area is 184 Å². The summed E-state index contributed by atoms with van der Waals surface area (Å²) < 4.78 is 92.8. The van der Waals surface area contributed by atoms with Gasteiger partial charge in [0.2, 0.25) is 11.5 Å². The van der Waals surface area contributed by atoms with Crippen molar-refractivity contribution in [3.05, 3.63) is 17.5 Å². The molecular weight excluding hydrogens is 458 g/mol. The van der Waals surface area contributed by atoms with E-state index in [4.69, 9.17) is 14.9 Å². The van der Waals surface area contributed by atoms with E-state index in [2.05, 4.69) is 15.2 Å². The molecule has 2 aromatic rings. The summed E-state index contributed by atoms with van der Waals surface area (Å²) in [6, 6.07) is 0.581. The lowest BCUT2D eigenvalue weighted by Crippen LogP contribution is -2.42. The molecule has 182 valence electrons. The van der Waals surface area contributed by atoms with Crippen LogP contribution in [0.5, 0.6) is 5.88 Å². The van der Waals surface area contributed by atoms with Crippen LogP contribution in [0.15, 0.2) is 10.5 Å². The molecule has 1 fully saturated rings. The second-order valence-corrected chi connectivity index (χ2v) is 8.57. The Bertz CT molecular complexity index is 1000. The van der Waals surface area contributed by atoms with Gasteiger partial charge in [0.05, 0.1) is 5.69 Å². The number of nitrogen functional groups attached to an aromatic ring is 1. The van der Waals surface area contributed by atoms with Crippen molar-refractivity contribution in [2.75, 3.05) is 5.73 Å². The number of anilines is 1. The summed E-state index contributed by atoms with van der Waals surface area (Å²) in [6.45, 7) is 0. The number of nitrogens with two attached hydrogens (primary N) is 1. The molecule has 2 aromatic heterocycles. The van der Waals surface area contributed by atoms with Gasteiger partial charge in [0, 0.05) is 0 Å². The number of alkyl halides is 6. The molecule has 0 aromatic carbocycles. The smallest absolute Gasteiger partial charge is 0.426 e. The minimum absolute atomic E-state index is 0.0244. The maximum absolute atomic E-state index is 13.7. The average molecular weight is 480 g/mol. The van der Waals surface area contributed by atoms with Crippen LogP contribution in [0.1, 0.15) is 62.8 Å². The molecule has 0 amide bonds. The SMILES string of the molecule is Nc1cc(C(F)(F)F)c2nc1-c1nnc(o1)[C@@](O)(C(F)(F)F)CCCCCC(CC1CC1)O2. The fourth-order valence-corrected chi connectivity index (χ4v) is 3.87. The van der Waals surface area contributed by atoms with E-state index in [0.29, 0.717) is 31.2 Å². The molecule has 33 heavy (non-hydrogen) atoms. The van der Waals surface area contributed by atoms with Crippen LogP contribution in [-0.2, 0) is 11.8 Å². The predicted molar refractivity (Wildman–Crippen MR) is 102 cm³/mol. The van der Waals surface area contributed by atoms with Crippen molar-refractivity contribution in [3.63, 3.8) is 0 Å². The third kappa shape index (κ3) is 4.87. The van der Waals surface area contributed by atoms with E-state index >= 15 is 0 Å². The van der Waals surface area contributed by atoms with Gasteiger partial charge in [-0.15, -0.1) is 10.2 Å². The van der Waals surface area contributed by atoms with Crippen molar-refractivity contribution in [2.45, 2.75) is 75.4 Å². The highest BCUT2D eigenvalue weighted by molar-refractivity contribution is 5.68. The lowest BCUT2D eigenvalue weighted by molar-refractivity contribution is -0.277. The van der Waals surface area contributed by atoms with E-state index in [1.165, 1.54) is 0 Å². The highest BCUT2D eigenvalue weighted by Crippen LogP contribution is 2.45. The molecule has 4 bridgehead atoms. The van der Waals surface area contributed by atoms with Gasteiger partial charge in [-0.05, 0) is 44.1 Å². The third-order valence-electron chi connectivity index (χ3n) is 5.91.